The molecule has 4 rings (SSSR count). The fourth-order valence-corrected chi connectivity index (χ4v) is 5.53. The second-order valence-electron chi connectivity index (χ2n) is 11.2. The van der Waals surface area contributed by atoms with Crippen molar-refractivity contribution < 1.29 is 37.0 Å². The maximum Gasteiger partial charge on any atom is 0.349 e. The molecule has 12 heteroatoms. The summed E-state index contributed by atoms with van der Waals surface area (Å²) in [7, 11) is 0.00106. The molecule has 0 radical (unpaired) electrons. The number of benzene rings is 2. The Balaban J connectivity index is 0.000000220. The highest BCUT2D eigenvalue weighted by atomic mass is 32.2. The molecule has 10 nitrogen and oxygen atoms in total. The molecule has 0 saturated heterocycles. The van der Waals surface area contributed by atoms with E-state index in [2.05, 4.69) is 9.44 Å². The van der Waals surface area contributed by atoms with E-state index in [9.17, 15) is 18.0 Å². The third-order valence-corrected chi connectivity index (χ3v) is 9.23. The first-order valence-corrected chi connectivity index (χ1v) is 15.0. The van der Waals surface area contributed by atoms with E-state index in [-0.39, 0.29) is 0 Å². The van der Waals surface area contributed by atoms with Gasteiger partial charge in [0.2, 0.25) is 12.2 Å². The zero-order valence-electron chi connectivity index (χ0n) is 24.0. The van der Waals surface area contributed by atoms with Crippen LogP contribution in [0, 0.1) is 0 Å². The monoisotopic (exact) mass is 594 g/mol. The standard InChI is InChI=1S/2C14H19NO4S/c2*1-14(2,3)20(17)15-11-9-7-5-6-8-10(9)19-12(11)13(16)18-4/h2*5-8,11-12,15H,1-4H3/t11-,12+,20+;11-,12+,20-/m01/s1. The molecular formula is C28H38N2O8S2. The largest absolute Gasteiger partial charge is 0.476 e. The van der Waals surface area contributed by atoms with Crippen LogP contribution in [0.15, 0.2) is 48.5 Å². The van der Waals surface area contributed by atoms with E-state index in [1.165, 1.54) is 14.2 Å². The van der Waals surface area contributed by atoms with E-state index in [1.54, 1.807) is 12.1 Å². The van der Waals surface area contributed by atoms with E-state index in [1.807, 2.05) is 77.9 Å². The molecule has 220 valence electrons. The SMILES string of the molecule is COC(=O)[C@@H]1Oc2ccccc2[C@@H]1N[S@](=O)C(C)(C)C.COC(=O)[C@H]1Oc2ccccc2[C@H]1N[S@](=O)C(C)(C)C. The number of fused-ring (bicyclic) bond motifs is 2. The number of carbonyl (C=O) groups excluding carboxylic acids is 2. The number of para-hydroxylation sites is 2. The van der Waals surface area contributed by atoms with Gasteiger partial charge in [0.15, 0.2) is 0 Å². The molecule has 0 aliphatic carbocycles. The third kappa shape index (κ3) is 7.28. The summed E-state index contributed by atoms with van der Waals surface area (Å²) < 4.78 is 50.4. The van der Waals surface area contributed by atoms with Crippen LogP contribution in [0.4, 0.5) is 0 Å². The maximum atomic E-state index is 12.3. The summed E-state index contributed by atoms with van der Waals surface area (Å²) in [6.07, 6.45) is -1.63. The van der Waals surface area contributed by atoms with Gasteiger partial charge in [0.25, 0.3) is 0 Å². The van der Waals surface area contributed by atoms with Gasteiger partial charge >= 0.3 is 11.9 Å². The van der Waals surface area contributed by atoms with Crippen LogP contribution in [0.2, 0.25) is 0 Å². The summed E-state index contributed by atoms with van der Waals surface area (Å²) in [5.41, 5.74) is 1.64. The zero-order chi connectivity index (χ0) is 29.8. The highest BCUT2D eigenvalue weighted by Gasteiger charge is 2.43. The van der Waals surface area contributed by atoms with Crippen LogP contribution in [0.25, 0.3) is 0 Å². The fraction of sp³-hybridized carbons (Fsp3) is 0.500. The van der Waals surface area contributed by atoms with Gasteiger partial charge in [0.1, 0.15) is 11.5 Å². The first kappa shape index (κ1) is 31.7. The summed E-state index contributed by atoms with van der Waals surface area (Å²) in [6.45, 7) is 11.2. The molecule has 0 spiro atoms. The molecule has 2 aromatic rings. The van der Waals surface area contributed by atoms with Crippen LogP contribution in [-0.4, -0.2) is 56.3 Å². The van der Waals surface area contributed by atoms with Gasteiger partial charge in [-0.1, -0.05) is 36.4 Å². The molecule has 2 N–H and O–H groups in total. The third-order valence-electron chi connectivity index (χ3n) is 6.07. The second kappa shape index (κ2) is 12.8. The maximum absolute atomic E-state index is 12.3. The first-order chi connectivity index (χ1) is 18.7. The molecule has 0 amide bonds. The Bertz CT molecular complexity index is 1170. The summed E-state index contributed by atoms with van der Waals surface area (Å²) >= 11 is 0. The Morgan fingerprint density at radius 3 is 1.30 bits per heavy atom. The normalized spacial score (nSPS) is 22.8. The Kier molecular flexibility index (Phi) is 10.2. The number of hydrogen-bond acceptors (Lipinski definition) is 8. The summed E-state index contributed by atoms with van der Waals surface area (Å²) in [5.74, 6) is 0.270. The van der Waals surface area contributed by atoms with Gasteiger partial charge in [-0.3, -0.25) is 0 Å². The average Bonchev–Trinajstić information content (AvgIpc) is 3.46. The predicted octanol–water partition coefficient (Wildman–Crippen LogP) is 3.43. The minimum absolute atomic E-state index is 0.432. The van der Waals surface area contributed by atoms with Crippen molar-refractivity contribution >= 4 is 33.9 Å². The molecule has 2 heterocycles. The first-order valence-electron chi connectivity index (χ1n) is 12.7. The lowest BCUT2D eigenvalue weighted by molar-refractivity contribution is -0.149. The van der Waals surface area contributed by atoms with Crippen LogP contribution < -0.4 is 18.9 Å². The Morgan fingerprint density at radius 2 is 1.00 bits per heavy atom. The van der Waals surface area contributed by atoms with E-state index in [0.717, 1.165) is 11.1 Å². The van der Waals surface area contributed by atoms with Gasteiger partial charge in [-0.15, -0.1) is 0 Å². The molecule has 2 aliphatic heterocycles. The smallest absolute Gasteiger partial charge is 0.349 e. The van der Waals surface area contributed by atoms with Gasteiger partial charge in [-0.2, -0.15) is 0 Å². The summed E-state index contributed by atoms with van der Waals surface area (Å²) in [6, 6.07) is 13.7. The fourth-order valence-electron chi connectivity index (χ4n) is 3.86. The molecule has 2 aromatic carbocycles. The second-order valence-corrected chi connectivity index (χ2v) is 15.1. The number of carbonyl (C=O) groups is 2. The van der Waals surface area contributed by atoms with Gasteiger partial charge in [0.05, 0.1) is 57.8 Å². The van der Waals surface area contributed by atoms with E-state index < -0.39 is 67.7 Å². The van der Waals surface area contributed by atoms with Crippen molar-refractivity contribution in [3.63, 3.8) is 0 Å². The van der Waals surface area contributed by atoms with Crippen molar-refractivity contribution in [3.8, 4) is 11.5 Å². The molecule has 0 unspecified atom stereocenters. The van der Waals surface area contributed by atoms with Gasteiger partial charge in [-0.05, 0) is 53.7 Å². The number of nitrogens with one attached hydrogen (secondary N) is 2. The number of ether oxygens (including phenoxy) is 4. The quantitative estimate of drug-likeness (QED) is 0.487. The predicted molar refractivity (Wildman–Crippen MR) is 153 cm³/mol. The minimum atomic E-state index is -1.31. The molecule has 0 saturated carbocycles. The topological polar surface area (TPSA) is 129 Å². The van der Waals surface area contributed by atoms with Crippen LogP contribution in [0.5, 0.6) is 11.5 Å². The Labute approximate surface area is 240 Å². The molecule has 6 atom stereocenters. The van der Waals surface area contributed by atoms with Crippen LogP contribution in [0.3, 0.4) is 0 Å². The highest BCUT2D eigenvalue weighted by molar-refractivity contribution is 7.84. The van der Waals surface area contributed by atoms with Crippen LogP contribution in [0.1, 0.15) is 64.8 Å². The lowest BCUT2D eigenvalue weighted by Gasteiger charge is -2.23. The van der Waals surface area contributed by atoms with E-state index >= 15 is 0 Å². The lowest BCUT2D eigenvalue weighted by atomic mass is 10.1. The molecule has 0 bridgehead atoms. The number of esters is 2. The molecule has 0 fully saturated rings. The highest BCUT2D eigenvalue weighted by Crippen LogP contribution is 2.38. The molecule has 2 aliphatic rings. The zero-order valence-corrected chi connectivity index (χ0v) is 25.6. The lowest BCUT2D eigenvalue weighted by Crippen LogP contribution is -2.42. The van der Waals surface area contributed by atoms with Crippen molar-refractivity contribution in [2.45, 2.75) is 75.3 Å². The van der Waals surface area contributed by atoms with Gasteiger partial charge in [-0.25, -0.2) is 27.5 Å². The number of hydrogen-bond donors (Lipinski definition) is 2. The molecule has 0 aromatic heterocycles. The molecule has 40 heavy (non-hydrogen) atoms. The average molecular weight is 595 g/mol. The summed E-state index contributed by atoms with van der Waals surface area (Å²) in [5, 5.41) is 0. The summed E-state index contributed by atoms with van der Waals surface area (Å²) in [4.78, 5) is 23.7. The molecular weight excluding hydrogens is 556 g/mol. The Morgan fingerprint density at radius 1 is 0.675 bits per heavy atom. The van der Waals surface area contributed by atoms with E-state index in [0.29, 0.717) is 11.5 Å². The van der Waals surface area contributed by atoms with Crippen molar-refractivity contribution in [2.24, 2.45) is 0 Å². The van der Waals surface area contributed by atoms with Gasteiger partial charge in [0, 0.05) is 11.1 Å². The van der Waals surface area contributed by atoms with Crippen LogP contribution in [-0.2, 0) is 41.0 Å². The minimum Gasteiger partial charge on any atom is -0.476 e. The van der Waals surface area contributed by atoms with Crippen molar-refractivity contribution in [1.82, 2.24) is 9.44 Å². The van der Waals surface area contributed by atoms with Crippen LogP contribution >= 0.6 is 0 Å². The van der Waals surface area contributed by atoms with Crippen molar-refractivity contribution in [1.29, 1.82) is 0 Å². The Hall–Kier alpha value is -2.80. The van der Waals surface area contributed by atoms with Crippen molar-refractivity contribution in [2.75, 3.05) is 14.2 Å². The number of rotatable bonds is 6. The van der Waals surface area contributed by atoms with E-state index in [4.69, 9.17) is 18.9 Å². The van der Waals surface area contributed by atoms with Crippen molar-refractivity contribution in [3.05, 3.63) is 59.7 Å². The van der Waals surface area contributed by atoms with Gasteiger partial charge < -0.3 is 18.9 Å². The number of methoxy groups -OCH3 is 2.